The van der Waals surface area contributed by atoms with Crippen LogP contribution in [0.3, 0.4) is 0 Å². The van der Waals surface area contributed by atoms with Gasteiger partial charge in [-0.3, -0.25) is 14.3 Å². The highest BCUT2D eigenvalue weighted by Crippen LogP contribution is 2.19. The summed E-state index contributed by atoms with van der Waals surface area (Å²) in [6, 6.07) is 12.1. The molecule has 0 saturated carbocycles. The Morgan fingerprint density at radius 2 is 1.93 bits per heavy atom. The molecule has 2 heterocycles. The molecule has 1 atom stereocenters. The summed E-state index contributed by atoms with van der Waals surface area (Å²) in [5.41, 5.74) is 5.00. The highest BCUT2D eigenvalue weighted by atomic mass is 16.1. The van der Waals surface area contributed by atoms with Crippen molar-refractivity contribution in [3.8, 4) is 0 Å². The van der Waals surface area contributed by atoms with Gasteiger partial charge in [0.15, 0.2) is 0 Å². The Morgan fingerprint density at radius 3 is 2.61 bits per heavy atom. The van der Waals surface area contributed by atoms with Crippen LogP contribution >= 0.6 is 0 Å². The lowest BCUT2D eigenvalue weighted by Crippen LogP contribution is -2.29. The summed E-state index contributed by atoms with van der Waals surface area (Å²) in [7, 11) is 0. The number of amides is 1. The van der Waals surface area contributed by atoms with E-state index >= 15 is 0 Å². The number of nitrogens with zero attached hydrogens (tertiary/aromatic N) is 2. The second-order valence-corrected chi connectivity index (χ2v) is 7.20. The van der Waals surface area contributed by atoms with Gasteiger partial charge < -0.3 is 10.3 Å². The van der Waals surface area contributed by atoms with Gasteiger partial charge in [-0.25, -0.2) is 0 Å². The monoisotopic (exact) mass is 378 g/mol. The van der Waals surface area contributed by atoms with E-state index < -0.39 is 0 Å². The van der Waals surface area contributed by atoms with Crippen LogP contribution in [0.5, 0.6) is 0 Å². The van der Waals surface area contributed by atoms with Crippen LogP contribution in [0.4, 0.5) is 0 Å². The molecule has 0 fully saturated rings. The number of hydrogen-bond donors (Lipinski definition) is 2. The Labute approximate surface area is 164 Å². The molecular formula is C22H26N4O2. The van der Waals surface area contributed by atoms with Crippen molar-refractivity contribution < 1.29 is 4.79 Å². The van der Waals surface area contributed by atoms with Crippen LogP contribution < -0.4 is 10.9 Å². The minimum atomic E-state index is -0.154. The van der Waals surface area contributed by atoms with Crippen molar-refractivity contribution in [2.24, 2.45) is 0 Å². The average Bonchev–Trinajstić information content (AvgIpc) is 3.01. The minimum Gasteiger partial charge on any atom is -0.352 e. The van der Waals surface area contributed by atoms with Crippen LogP contribution in [-0.2, 0) is 17.8 Å². The fraction of sp³-hybridized carbons (Fsp3) is 0.318. The third-order valence-electron chi connectivity index (χ3n) is 5.00. The topological polar surface area (TPSA) is 79.8 Å². The highest BCUT2D eigenvalue weighted by Gasteiger charge is 2.15. The summed E-state index contributed by atoms with van der Waals surface area (Å²) in [5, 5.41) is 7.43. The van der Waals surface area contributed by atoms with Gasteiger partial charge in [0.05, 0.1) is 18.2 Å². The van der Waals surface area contributed by atoms with E-state index in [1.165, 1.54) is 0 Å². The van der Waals surface area contributed by atoms with Gasteiger partial charge in [0.2, 0.25) is 5.91 Å². The number of aromatic amines is 1. The number of aromatic nitrogens is 3. The quantitative estimate of drug-likeness (QED) is 0.692. The maximum absolute atomic E-state index is 12.4. The first kappa shape index (κ1) is 19.6. The van der Waals surface area contributed by atoms with Crippen molar-refractivity contribution in [3.63, 3.8) is 0 Å². The smallest absolute Gasteiger partial charge is 0.253 e. The largest absolute Gasteiger partial charge is 0.352 e. The molecule has 0 radical (unpaired) electrons. The number of rotatable bonds is 6. The summed E-state index contributed by atoms with van der Waals surface area (Å²) in [6.45, 7) is 7.92. The van der Waals surface area contributed by atoms with E-state index in [-0.39, 0.29) is 30.5 Å². The van der Waals surface area contributed by atoms with Gasteiger partial charge in [0.25, 0.3) is 5.56 Å². The average molecular weight is 378 g/mol. The summed E-state index contributed by atoms with van der Waals surface area (Å²) >= 11 is 0. The maximum Gasteiger partial charge on any atom is 0.253 e. The van der Waals surface area contributed by atoms with Crippen LogP contribution in [0, 0.1) is 20.8 Å². The molecular weight excluding hydrogens is 352 g/mol. The molecule has 6 heteroatoms. The molecule has 2 N–H and O–H groups in total. The van der Waals surface area contributed by atoms with Gasteiger partial charge in [-0.05, 0) is 44.9 Å². The van der Waals surface area contributed by atoms with Crippen LogP contribution in [0.25, 0.3) is 0 Å². The zero-order valence-electron chi connectivity index (χ0n) is 16.7. The second-order valence-electron chi connectivity index (χ2n) is 7.20. The number of carbonyl (C=O) groups is 1. The van der Waals surface area contributed by atoms with Crippen LogP contribution in [-0.4, -0.2) is 20.7 Å². The van der Waals surface area contributed by atoms with Crippen molar-refractivity contribution in [3.05, 3.63) is 86.6 Å². The summed E-state index contributed by atoms with van der Waals surface area (Å²) < 4.78 is 1.89. The first-order chi connectivity index (χ1) is 13.3. The Kier molecular flexibility index (Phi) is 5.78. The van der Waals surface area contributed by atoms with Gasteiger partial charge >= 0.3 is 0 Å². The molecule has 0 aliphatic carbocycles. The lowest BCUT2D eigenvalue weighted by Gasteiger charge is -2.12. The molecule has 146 valence electrons. The zero-order valence-corrected chi connectivity index (χ0v) is 16.7. The van der Waals surface area contributed by atoms with Gasteiger partial charge in [0.1, 0.15) is 0 Å². The van der Waals surface area contributed by atoms with Gasteiger partial charge in [-0.15, -0.1) is 0 Å². The minimum absolute atomic E-state index is 0.0884. The molecule has 6 nitrogen and oxygen atoms in total. The first-order valence-corrected chi connectivity index (χ1v) is 9.41. The lowest BCUT2D eigenvalue weighted by atomic mass is 10.1. The fourth-order valence-electron chi connectivity index (χ4n) is 3.30. The third-order valence-corrected chi connectivity index (χ3v) is 5.00. The van der Waals surface area contributed by atoms with Crippen molar-refractivity contribution in [1.82, 2.24) is 20.1 Å². The van der Waals surface area contributed by atoms with E-state index in [1.807, 2.05) is 55.9 Å². The Morgan fingerprint density at radius 1 is 1.21 bits per heavy atom. The van der Waals surface area contributed by atoms with Crippen molar-refractivity contribution in [2.75, 3.05) is 0 Å². The van der Waals surface area contributed by atoms with E-state index in [4.69, 9.17) is 0 Å². The molecule has 0 spiro atoms. The number of carbonyl (C=O) groups excluding carboxylic acids is 1. The number of nitrogens with one attached hydrogen (secondary N) is 2. The molecule has 1 unspecified atom stereocenters. The third kappa shape index (κ3) is 4.39. The second kappa shape index (κ2) is 8.25. The molecule has 3 rings (SSSR count). The van der Waals surface area contributed by atoms with Gasteiger partial charge in [-0.1, -0.05) is 30.3 Å². The van der Waals surface area contributed by atoms with Crippen molar-refractivity contribution in [2.45, 2.75) is 46.7 Å². The summed E-state index contributed by atoms with van der Waals surface area (Å²) in [6.07, 6.45) is 2.16. The maximum atomic E-state index is 12.4. The molecule has 1 amide bonds. The van der Waals surface area contributed by atoms with E-state index in [2.05, 4.69) is 34.5 Å². The molecule has 3 aromatic rings. The van der Waals surface area contributed by atoms with Crippen molar-refractivity contribution in [1.29, 1.82) is 0 Å². The fourth-order valence-corrected chi connectivity index (χ4v) is 3.30. The van der Waals surface area contributed by atoms with Gasteiger partial charge in [0, 0.05) is 29.6 Å². The van der Waals surface area contributed by atoms with Crippen molar-refractivity contribution >= 4 is 5.91 Å². The Hall–Kier alpha value is -3.15. The molecule has 28 heavy (non-hydrogen) atoms. The van der Waals surface area contributed by atoms with E-state index in [0.29, 0.717) is 5.56 Å². The molecule has 1 aromatic carbocycles. The number of pyridine rings is 1. The Bertz CT molecular complexity index is 1030. The zero-order chi connectivity index (χ0) is 20.3. The van der Waals surface area contributed by atoms with E-state index in [9.17, 15) is 9.59 Å². The predicted molar refractivity (Wildman–Crippen MR) is 109 cm³/mol. The summed E-state index contributed by atoms with van der Waals surface area (Å²) in [4.78, 5) is 27.3. The number of H-pyrrole nitrogens is 1. The SMILES string of the molecule is Cc1cc(C)c(CNC(=O)Cc2cn(C(C)c3ccccc3)nc2C)c(=O)[nH]1. The normalized spacial score (nSPS) is 12.0. The van der Waals surface area contributed by atoms with E-state index in [1.54, 1.807) is 0 Å². The number of hydrogen-bond acceptors (Lipinski definition) is 3. The van der Waals surface area contributed by atoms with Crippen LogP contribution in [0.1, 0.15) is 46.6 Å². The van der Waals surface area contributed by atoms with Gasteiger partial charge in [-0.2, -0.15) is 5.10 Å². The van der Waals surface area contributed by atoms with E-state index in [0.717, 1.165) is 28.1 Å². The molecule has 2 aromatic heterocycles. The standard InChI is InChI=1S/C22H26N4O2/c1-14-10-15(2)24-22(28)20(14)12-23-21(27)11-19-13-26(25-16(19)3)17(4)18-8-6-5-7-9-18/h5-10,13,17H,11-12H2,1-4H3,(H,23,27)(H,24,28). The number of aryl methyl sites for hydroxylation is 3. The molecule has 0 aliphatic heterocycles. The summed E-state index contributed by atoms with van der Waals surface area (Å²) in [5.74, 6) is -0.130. The predicted octanol–water partition coefficient (Wildman–Crippen LogP) is 2.96. The van der Waals surface area contributed by atoms with Crippen LogP contribution in [0.2, 0.25) is 0 Å². The molecule has 0 saturated heterocycles. The number of benzene rings is 1. The highest BCUT2D eigenvalue weighted by molar-refractivity contribution is 5.78. The lowest BCUT2D eigenvalue weighted by molar-refractivity contribution is -0.120. The Balaban J connectivity index is 1.67. The molecule has 0 aliphatic rings. The first-order valence-electron chi connectivity index (χ1n) is 9.41. The molecule has 0 bridgehead atoms. The van der Waals surface area contributed by atoms with Crippen LogP contribution in [0.15, 0.2) is 47.4 Å².